The minimum atomic E-state index is -5.20. The zero-order valence-corrected chi connectivity index (χ0v) is 33.0. The summed E-state index contributed by atoms with van der Waals surface area (Å²) in [6, 6.07) is 30.6. The number of aliphatic hydroxyl groups is 1. The average Bonchev–Trinajstić information content (AvgIpc) is 3.90. The van der Waals surface area contributed by atoms with E-state index in [1.54, 1.807) is 48.7 Å². The predicted octanol–water partition coefficient (Wildman–Crippen LogP) is 5.25. The smallest absolute Gasteiger partial charge is 0.473 e. The number of nitrogen functional groups attached to an aromatic ring is 2. The molecule has 18 nitrogen and oxygen atoms in total. The highest BCUT2D eigenvalue weighted by Crippen LogP contribution is 2.60. The van der Waals surface area contributed by atoms with Gasteiger partial charge in [-0.25, -0.2) is 32.3 Å². The molecular formula is C39H39N7O11P2+2. The van der Waals surface area contributed by atoms with Crippen LogP contribution < -0.4 is 25.3 Å². The normalized spacial score (nSPS) is 13.5. The highest BCUT2D eigenvalue weighted by atomic mass is 31.3. The number of phosphoric ester groups is 2. The fourth-order valence-electron chi connectivity index (χ4n) is 5.78. The van der Waals surface area contributed by atoms with Crippen LogP contribution in [0, 0.1) is 0 Å². The number of rotatable bonds is 18. The topological polar surface area (TPSA) is 256 Å². The summed E-state index contributed by atoms with van der Waals surface area (Å²) in [6.07, 6.45) is 5.51. The minimum absolute atomic E-state index is 0.0569. The largest absolute Gasteiger partial charge is 0.484 e. The standard InChI is InChI=1S/C39H37N7O11P2/c40-38-33(35-21-31(43-55-35)19-27-8-12-29(23-47)13-9-27)5-3-17-45(38)25-53-58(48,49)57-59(50,51)54-26-46-18-4-6-34(39(46)41)36-22-32(44-56-36)20-28-10-14-30(15-11-28)24-52-37-7-1-2-16-42-37/h1-18,21-22,40-41,47H,19-20,23-26H2,(H2,48,49,50,51)/p+2. The molecule has 0 amide bonds. The van der Waals surface area contributed by atoms with Gasteiger partial charge in [0.05, 0.1) is 30.4 Å². The average molecular weight is 844 g/mol. The molecule has 20 heteroatoms. The van der Waals surface area contributed by atoms with E-state index in [0.717, 1.165) is 22.3 Å². The Kier molecular flexibility index (Phi) is 12.7. The Morgan fingerprint density at radius 1 is 0.644 bits per heavy atom. The van der Waals surface area contributed by atoms with Gasteiger partial charge in [0.2, 0.25) is 19.3 Å². The van der Waals surface area contributed by atoms with Crippen LogP contribution in [0.25, 0.3) is 22.6 Å². The van der Waals surface area contributed by atoms with Crippen molar-refractivity contribution >= 4 is 27.3 Å². The van der Waals surface area contributed by atoms with Gasteiger partial charge in [-0.15, -0.1) is 0 Å². The summed E-state index contributed by atoms with van der Waals surface area (Å²) in [5.74, 6) is 1.36. The number of phosphoric acid groups is 2. The zero-order chi connectivity index (χ0) is 41.4. The van der Waals surface area contributed by atoms with Crippen molar-refractivity contribution in [2.24, 2.45) is 0 Å². The molecule has 2 unspecified atom stereocenters. The molecule has 59 heavy (non-hydrogen) atoms. The molecular weight excluding hydrogens is 804 g/mol. The Labute approximate surface area is 337 Å². The molecule has 304 valence electrons. The van der Waals surface area contributed by atoms with Gasteiger partial charge in [-0.1, -0.05) is 64.9 Å². The summed E-state index contributed by atoms with van der Waals surface area (Å²) in [7, 11) is -10.4. The van der Waals surface area contributed by atoms with Crippen molar-refractivity contribution in [2.45, 2.75) is 39.5 Å². The highest BCUT2D eigenvalue weighted by molar-refractivity contribution is 7.61. The number of hydrogen-bond donors (Lipinski definition) is 5. The van der Waals surface area contributed by atoms with Gasteiger partial charge in [0.1, 0.15) is 17.7 Å². The Balaban J connectivity index is 0.918. The van der Waals surface area contributed by atoms with Crippen LogP contribution in [0.5, 0.6) is 5.88 Å². The molecule has 0 saturated heterocycles. The van der Waals surface area contributed by atoms with Crippen LogP contribution in [0.4, 0.5) is 11.6 Å². The van der Waals surface area contributed by atoms with E-state index < -0.39 is 29.1 Å². The van der Waals surface area contributed by atoms with Crippen LogP contribution in [0.3, 0.4) is 0 Å². The molecule has 0 spiro atoms. The minimum Gasteiger partial charge on any atom is -0.473 e. The molecule has 7 rings (SSSR count). The number of pyridine rings is 3. The molecule has 0 bridgehead atoms. The third kappa shape index (κ3) is 10.9. The maximum absolute atomic E-state index is 12.8. The van der Waals surface area contributed by atoms with Crippen molar-refractivity contribution in [1.29, 1.82) is 0 Å². The molecule has 0 saturated carbocycles. The van der Waals surface area contributed by atoms with Gasteiger partial charge in [0.25, 0.3) is 11.6 Å². The third-order valence-electron chi connectivity index (χ3n) is 8.83. The van der Waals surface area contributed by atoms with Gasteiger partial charge < -0.3 is 28.7 Å². The number of hydrogen-bond acceptors (Lipinski definition) is 14. The number of ether oxygens (including phenoxy) is 1. The summed E-state index contributed by atoms with van der Waals surface area (Å²) in [6.45, 7) is -0.988. The van der Waals surface area contributed by atoms with Crippen molar-refractivity contribution in [2.75, 3.05) is 11.5 Å². The number of nitrogens with zero attached hydrogens (tertiary/aromatic N) is 5. The Morgan fingerprint density at radius 2 is 1.14 bits per heavy atom. The lowest BCUT2D eigenvalue weighted by molar-refractivity contribution is -0.712. The molecule has 5 aromatic heterocycles. The Morgan fingerprint density at radius 3 is 1.61 bits per heavy atom. The van der Waals surface area contributed by atoms with Crippen molar-refractivity contribution in [3.63, 3.8) is 0 Å². The van der Waals surface area contributed by atoms with Crippen LogP contribution in [-0.2, 0) is 62.0 Å². The molecule has 0 aliphatic heterocycles. The number of nitrogens with two attached hydrogens (primary N) is 2. The fraction of sp³-hybridized carbons (Fsp3) is 0.154. The SMILES string of the molecule is Nc1c(-c2cc(Cc3ccc(CO)cc3)no2)ccc[n+]1COP(=O)(O)OP(=O)(O)OC[n+]1cccc(-c2cc(Cc3ccc(COc4ccccn4)cc3)no2)c1N. The number of aliphatic hydroxyl groups excluding tert-OH is 1. The van der Waals surface area contributed by atoms with Gasteiger partial charge in [0.15, 0.2) is 11.5 Å². The summed E-state index contributed by atoms with van der Waals surface area (Å²) in [5.41, 5.74) is 18.4. The summed E-state index contributed by atoms with van der Waals surface area (Å²) < 4.78 is 59.4. The maximum atomic E-state index is 12.8. The lowest BCUT2D eigenvalue weighted by Gasteiger charge is -2.16. The van der Waals surface area contributed by atoms with Crippen LogP contribution >= 0.6 is 15.6 Å². The van der Waals surface area contributed by atoms with E-state index in [0.29, 0.717) is 59.4 Å². The van der Waals surface area contributed by atoms with Crippen molar-refractivity contribution in [3.8, 4) is 28.5 Å². The van der Waals surface area contributed by atoms with E-state index in [1.165, 1.54) is 21.5 Å². The molecule has 7 N–H and O–H groups in total. The van der Waals surface area contributed by atoms with Crippen LogP contribution in [0.2, 0.25) is 0 Å². The number of anilines is 2. The molecule has 0 aliphatic carbocycles. The first kappa shape index (κ1) is 41.1. The third-order valence-corrected chi connectivity index (χ3v) is 11.4. The van der Waals surface area contributed by atoms with Gasteiger partial charge in [-0.2, -0.15) is 4.31 Å². The van der Waals surface area contributed by atoms with Crippen molar-refractivity contribution in [3.05, 3.63) is 155 Å². The van der Waals surface area contributed by atoms with E-state index >= 15 is 0 Å². The Bertz CT molecular complexity index is 2610. The zero-order valence-electron chi connectivity index (χ0n) is 31.2. The predicted molar refractivity (Wildman–Crippen MR) is 209 cm³/mol. The van der Waals surface area contributed by atoms with Crippen molar-refractivity contribution < 1.29 is 60.3 Å². The monoisotopic (exact) mass is 843 g/mol. The van der Waals surface area contributed by atoms with Gasteiger partial charge >= 0.3 is 15.6 Å². The van der Waals surface area contributed by atoms with Gasteiger partial charge in [-0.3, -0.25) is 11.5 Å². The van der Waals surface area contributed by atoms with Gasteiger partial charge in [0, 0.05) is 37.2 Å². The van der Waals surface area contributed by atoms with Crippen LogP contribution in [-0.4, -0.2) is 30.2 Å². The van der Waals surface area contributed by atoms with E-state index in [-0.39, 0.29) is 18.2 Å². The van der Waals surface area contributed by atoms with Crippen LogP contribution in [0.15, 0.2) is 131 Å². The molecule has 0 fully saturated rings. The Hall–Kier alpha value is -6.07. The van der Waals surface area contributed by atoms with E-state index in [2.05, 4.69) is 19.6 Å². The summed E-state index contributed by atoms with van der Waals surface area (Å²) >= 11 is 0. The molecule has 5 heterocycles. The molecule has 2 aromatic carbocycles. The second kappa shape index (κ2) is 18.2. The lowest BCUT2D eigenvalue weighted by atomic mass is 10.1. The maximum Gasteiger partial charge on any atom is 0.484 e. The summed E-state index contributed by atoms with van der Waals surface area (Å²) in [5, 5.41) is 17.5. The lowest BCUT2D eigenvalue weighted by Crippen LogP contribution is -2.38. The number of benzene rings is 2. The number of aromatic nitrogens is 5. The van der Waals surface area contributed by atoms with Crippen molar-refractivity contribution in [1.82, 2.24) is 15.3 Å². The highest BCUT2D eigenvalue weighted by Gasteiger charge is 2.37. The molecule has 0 aliphatic rings. The molecule has 7 aromatic rings. The first-order chi connectivity index (χ1) is 28.4. The van der Waals surface area contributed by atoms with Crippen LogP contribution in [0.1, 0.15) is 33.6 Å². The fourth-order valence-corrected chi connectivity index (χ4v) is 7.75. The quantitative estimate of drug-likeness (QED) is 0.0546. The summed E-state index contributed by atoms with van der Waals surface area (Å²) in [4.78, 5) is 24.9. The van der Waals surface area contributed by atoms with E-state index in [1.807, 2.05) is 60.7 Å². The first-order valence-corrected chi connectivity index (χ1v) is 20.9. The van der Waals surface area contributed by atoms with Gasteiger partial charge in [-0.05, 0) is 52.6 Å². The second-order valence-electron chi connectivity index (χ2n) is 13.1. The van der Waals surface area contributed by atoms with E-state index in [9.17, 15) is 24.0 Å². The second-order valence-corrected chi connectivity index (χ2v) is 16.1. The molecule has 2 atom stereocenters. The van der Waals surface area contributed by atoms with E-state index in [4.69, 9.17) is 34.3 Å². The molecule has 0 radical (unpaired) electrons. The first-order valence-electron chi connectivity index (χ1n) is 17.9.